The topological polar surface area (TPSA) is 26.3 Å². The van der Waals surface area contributed by atoms with E-state index in [4.69, 9.17) is 0 Å². The zero-order valence-electron chi connectivity index (χ0n) is 9.83. The fraction of sp³-hybridized carbons (Fsp3) is 0.308. The molecule has 5 heteroatoms. The first-order valence-electron chi connectivity index (χ1n) is 5.42. The van der Waals surface area contributed by atoms with Gasteiger partial charge in [0, 0.05) is 18.1 Å². The molecule has 0 aliphatic heterocycles. The summed E-state index contributed by atoms with van der Waals surface area (Å²) in [7, 11) is 0. The maximum Gasteiger partial charge on any atom is 0.410 e. The van der Waals surface area contributed by atoms with Crippen LogP contribution in [-0.4, -0.2) is 18.8 Å². The second kappa shape index (κ2) is 6.23. The van der Waals surface area contributed by atoms with E-state index in [1.165, 1.54) is 0 Å². The Morgan fingerprint density at radius 2 is 1.89 bits per heavy atom. The molecule has 0 N–H and O–H groups in total. The van der Waals surface area contributed by atoms with Crippen molar-refractivity contribution in [2.24, 2.45) is 0 Å². The van der Waals surface area contributed by atoms with Crippen molar-refractivity contribution in [3.05, 3.63) is 47.5 Å². The van der Waals surface area contributed by atoms with Gasteiger partial charge in [-0.2, -0.15) is 13.2 Å². The largest absolute Gasteiger partial charge is 0.463 e. The van der Waals surface area contributed by atoms with E-state index in [1.54, 1.807) is 37.3 Å². The van der Waals surface area contributed by atoms with Crippen molar-refractivity contribution >= 4 is 5.97 Å². The third kappa shape index (κ3) is 5.03. The van der Waals surface area contributed by atoms with Crippen molar-refractivity contribution < 1.29 is 22.7 Å². The van der Waals surface area contributed by atoms with Gasteiger partial charge in [0.25, 0.3) is 0 Å². The van der Waals surface area contributed by atoms with Crippen LogP contribution >= 0.6 is 0 Å². The molecule has 0 saturated carbocycles. The van der Waals surface area contributed by atoms with Crippen molar-refractivity contribution in [1.29, 1.82) is 0 Å². The molecule has 1 rings (SSSR count). The molecule has 0 unspecified atom stereocenters. The van der Waals surface area contributed by atoms with E-state index in [2.05, 4.69) is 4.74 Å². The Morgan fingerprint density at radius 1 is 1.28 bits per heavy atom. The van der Waals surface area contributed by atoms with E-state index in [-0.39, 0.29) is 19.1 Å². The summed E-state index contributed by atoms with van der Waals surface area (Å²) in [4.78, 5) is 11.4. The molecular formula is C13H13F3O2. The number of esters is 1. The number of alkyl halides is 3. The number of carbonyl (C=O) groups excluding carboxylic acids is 1. The Labute approximate surface area is 103 Å². The van der Waals surface area contributed by atoms with Crippen LogP contribution in [0, 0.1) is 0 Å². The standard InChI is InChI=1S/C13H13F3O2/c1-2-18-12(17)11(9-13(14,15)16)8-10-6-4-3-5-7-10/h3-7,9H,2,8H2,1H3/b11-9-. The number of hydrogen-bond donors (Lipinski definition) is 0. The molecule has 0 aromatic heterocycles. The molecule has 0 saturated heterocycles. The molecule has 18 heavy (non-hydrogen) atoms. The number of allylic oxidation sites excluding steroid dienone is 1. The molecule has 1 aromatic carbocycles. The van der Waals surface area contributed by atoms with Gasteiger partial charge >= 0.3 is 12.1 Å². The maximum absolute atomic E-state index is 12.3. The first-order chi connectivity index (χ1) is 8.42. The SMILES string of the molecule is CCOC(=O)/C(=C\C(F)(F)F)Cc1ccccc1. The van der Waals surface area contributed by atoms with E-state index in [0.717, 1.165) is 0 Å². The molecule has 0 spiro atoms. The molecule has 0 amide bonds. The van der Waals surface area contributed by atoms with E-state index in [0.29, 0.717) is 5.56 Å². The lowest BCUT2D eigenvalue weighted by Gasteiger charge is -2.08. The average Bonchev–Trinajstić information content (AvgIpc) is 2.28. The van der Waals surface area contributed by atoms with Crippen LogP contribution in [0.1, 0.15) is 12.5 Å². The summed E-state index contributed by atoms with van der Waals surface area (Å²) in [5.74, 6) is -0.932. The van der Waals surface area contributed by atoms with Crippen molar-refractivity contribution in [1.82, 2.24) is 0 Å². The lowest BCUT2D eigenvalue weighted by Crippen LogP contribution is -2.14. The van der Waals surface area contributed by atoms with Crippen LogP contribution in [0.2, 0.25) is 0 Å². The summed E-state index contributed by atoms with van der Waals surface area (Å²) in [6, 6.07) is 8.46. The van der Waals surface area contributed by atoms with Crippen molar-refractivity contribution in [2.45, 2.75) is 19.5 Å². The Kier molecular flexibility index (Phi) is 4.95. The third-order valence-electron chi connectivity index (χ3n) is 2.11. The van der Waals surface area contributed by atoms with Gasteiger partial charge in [-0.25, -0.2) is 4.79 Å². The fourth-order valence-electron chi connectivity index (χ4n) is 1.42. The molecular weight excluding hydrogens is 245 g/mol. The van der Waals surface area contributed by atoms with Gasteiger partial charge in [-0.3, -0.25) is 0 Å². The second-order valence-corrected chi connectivity index (χ2v) is 3.59. The third-order valence-corrected chi connectivity index (χ3v) is 2.11. The summed E-state index contributed by atoms with van der Waals surface area (Å²) in [6.45, 7) is 1.59. The molecule has 0 bridgehead atoms. The van der Waals surface area contributed by atoms with Crippen LogP contribution in [0.3, 0.4) is 0 Å². The minimum atomic E-state index is -4.53. The Bertz CT molecular complexity index is 422. The number of benzene rings is 1. The summed E-state index contributed by atoms with van der Waals surface area (Å²) in [5, 5.41) is 0. The summed E-state index contributed by atoms with van der Waals surface area (Å²) in [5.41, 5.74) is 0.233. The quantitative estimate of drug-likeness (QED) is 0.612. The number of ether oxygens (including phenoxy) is 1. The lowest BCUT2D eigenvalue weighted by atomic mass is 10.0. The fourth-order valence-corrected chi connectivity index (χ4v) is 1.42. The van der Waals surface area contributed by atoms with Crippen LogP contribution in [0.15, 0.2) is 42.0 Å². The molecule has 2 nitrogen and oxygen atoms in total. The van der Waals surface area contributed by atoms with Gasteiger partial charge in [0.2, 0.25) is 0 Å². The van der Waals surface area contributed by atoms with Crippen LogP contribution < -0.4 is 0 Å². The van der Waals surface area contributed by atoms with E-state index >= 15 is 0 Å². The highest BCUT2D eigenvalue weighted by atomic mass is 19.4. The predicted molar refractivity (Wildman–Crippen MR) is 60.9 cm³/mol. The van der Waals surface area contributed by atoms with Crippen molar-refractivity contribution in [2.75, 3.05) is 6.61 Å². The summed E-state index contributed by atoms with van der Waals surface area (Å²) < 4.78 is 41.6. The Morgan fingerprint density at radius 3 is 2.39 bits per heavy atom. The maximum atomic E-state index is 12.3. The van der Waals surface area contributed by atoms with Crippen LogP contribution in [0.25, 0.3) is 0 Å². The predicted octanol–water partition coefficient (Wildman–Crippen LogP) is 3.28. The van der Waals surface area contributed by atoms with Gasteiger partial charge in [-0.15, -0.1) is 0 Å². The summed E-state index contributed by atoms with van der Waals surface area (Å²) >= 11 is 0. The first-order valence-corrected chi connectivity index (χ1v) is 5.42. The highest BCUT2D eigenvalue weighted by Gasteiger charge is 2.27. The molecule has 0 aliphatic rings. The minimum absolute atomic E-state index is 0.00199. The Hall–Kier alpha value is -1.78. The highest BCUT2D eigenvalue weighted by Crippen LogP contribution is 2.21. The number of carbonyl (C=O) groups is 1. The zero-order valence-corrected chi connectivity index (χ0v) is 9.83. The van der Waals surface area contributed by atoms with E-state index in [1.807, 2.05) is 0 Å². The smallest absolute Gasteiger partial charge is 0.410 e. The monoisotopic (exact) mass is 258 g/mol. The van der Waals surface area contributed by atoms with E-state index < -0.39 is 17.7 Å². The van der Waals surface area contributed by atoms with Gasteiger partial charge in [-0.1, -0.05) is 30.3 Å². The second-order valence-electron chi connectivity index (χ2n) is 3.59. The summed E-state index contributed by atoms with van der Waals surface area (Å²) in [6.07, 6.45) is -4.63. The van der Waals surface area contributed by atoms with Gasteiger partial charge in [0.15, 0.2) is 0 Å². The van der Waals surface area contributed by atoms with Crippen LogP contribution in [0.4, 0.5) is 13.2 Å². The highest BCUT2D eigenvalue weighted by molar-refractivity contribution is 5.89. The molecule has 98 valence electrons. The molecule has 0 aliphatic carbocycles. The van der Waals surface area contributed by atoms with Crippen molar-refractivity contribution in [3.63, 3.8) is 0 Å². The van der Waals surface area contributed by atoms with Gasteiger partial charge in [0.05, 0.1) is 6.61 Å². The normalized spacial score (nSPS) is 12.3. The zero-order chi connectivity index (χ0) is 13.6. The number of hydrogen-bond acceptors (Lipinski definition) is 2. The number of halogens is 3. The van der Waals surface area contributed by atoms with Gasteiger partial charge in [-0.05, 0) is 12.5 Å². The first kappa shape index (κ1) is 14.3. The average molecular weight is 258 g/mol. The molecule has 0 heterocycles. The van der Waals surface area contributed by atoms with E-state index in [9.17, 15) is 18.0 Å². The minimum Gasteiger partial charge on any atom is -0.463 e. The lowest BCUT2D eigenvalue weighted by molar-refractivity contribution is -0.139. The van der Waals surface area contributed by atoms with Gasteiger partial charge < -0.3 is 4.74 Å². The molecule has 1 aromatic rings. The van der Waals surface area contributed by atoms with Crippen molar-refractivity contribution in [3.8, 4) is 0 Å². The Balaban J connectivity index is 2.92. The molecule has 0 atom stereocenters. The number of rotatable bonds is 4. The molecule has 0 radical (unpaired) electrons. The van der Waals surface area contributed by atoms with Crippen LogP contribution in [-0.2, 0) is 16.0 Å². The molecule has 0 fully saturated rings. The van der Waals surface area contributed by atoms with Crippen LogP contribution in [0.5, 0.6) is 0 Å². The van der Waals surface area contributed by atoms with Gasteiger partial charge in [0.1, 0.15) is 0 Å².